The number of aryl methyl sites for hydroxylation is 3. The summed E-state index contributed by atoms with van der Waals surface area (Å²) in [5.41, 5.74) is 3.12. The Bertz CT molecular complexity index is 905. The highest BCUT2D eigenvalue weighted by Crippen LogP contribution is 2.20. The third kappa shape index (κ3) is 6.02. The predicted molar refractivity (Wildman–Crippen MR) is 111 cm³/mol. The average Bonchev–Trinajstić information content (AvgIpc) is 2.61. The topological polar surface area (TPSA) is 88.6 Å². The van der Waals surface area contributed by atoms with Crippen LogP contribution in [-0.4, -0.2) is 47.4 Å². The van der Waals surface area contributed by atoms with Gasteiger partial charge in [-0.1, -0.05) is 29.3 Å². The van der Waals surface area contributed by atoms with Crippen LogP contribution in [0.4, 0.5) is 5.69 Å². The number of pyridine rings is 1. The Balaban J connectivity index is 1.95. The van der Waals surface area contributed by atoms with Gasteiger partial charge >= 0.3 is 5.97 Å². The van der Waals surface area contributed by atoms with Gasteiger partial charge in [-0.05, 0) is 51.5 Å². The minimum absolute atomic E-state index is 0.0259. The summed E-state index contributed by atoms with van der Waals surface area (Å²) in [4.78, 5) is 42.3. The molecule has 0 unspecified atom stereocenters. The Labute approximate surface area is 175 Å². The number of carbonyl (C=O) groups excluding carboxylic acids is 3. The van der Waals surface area contributed by atoms with Crippen molar-refractivity contribution >= 4 is 35.1 Å². The number of amides is 2. The number of benzene rings is 1. The summed E-state index contributed by atoms with van der Waals surface area (Å²) < 4.78 is 5.25. The van der Waals surface area contributed by atoms with Crippen molar-refractivity contribution in [3.05, 3.63) is 57.9 Å². The summed E-state index contributed by atoms with van der Waals surface area (Å²) >= 11 is 6.05. The Morgan fingerprint density at radius 1 is 1.17 bits per heavy atom. The molecule has 154 valence electrons. The van der Waals surface area contributed by atoms with E-state index in [0.717, 1.165) is 5.56 Å². The molecular weight excluding hydrogens is 394 g/mol. The molecule has 1 aromatic carbocycles. The molecule has 1 heterocycles. The van der Waals surface area contributed by atoms with Crippen molar-refractivity contribution in [1.29, 1.82) is 0 Å². The third-order valence-corrected chi connectivity index (χ3v) is 4.50. The SMILES string of the molecule is Cc1ccc(NC(=O)CN(C)C(=O)[C@H](C)OC(=O)c2c(C)cc(C)nc2Cl)cc1. The van der Waals surface area contributed by atoms with Crippen LogP contribution in [0.25, 0.3) is 0 Å². The maximum absolute atomic E-state index is 12.5. The van der Waals surface area contributed by atoms with Crippen molar-refractivity contribution in [3.63, 3.8) is 0 Å². The largest absolute Gasteiger partial charge is 0.449 e. The lowest BCUT2D eigenvalue weighted by Gasteiger charge is -2.21. The molecule has 0 aliphatic rings. The van der Waals surface area contributed by atoms with Gasteiger partial charge in [-0.3, -0.25) is 9.59 Å². The van der Waals surface area contributed by atoms with Gasteiger partial charge in [0.25, 0.3) is 5.91 Å². The fourth-order valence-corrected chi connectivity index (χ4v) is 3.11. The summed E-state index contributed by atoms with van der Waals surface area (Å²) in [6, 6.07) is 9.01. The number of hydrogen-bond acceptors (Lipinski definition) is 5. The zero-order chi connectivity index (χ0) is 21.7. The van der Waals surface area contributed by atoms with Crippen LogP contribution < -0.4 is 5.32 Å². The average molecular weight is 418 g/mol. The standard InChI is InChI=1S/C21H24ClN3O4/c1-12-6-8-16(9-7-12)24-17(26)11-25(5)20(27)15(4)29-21(28)18-13(2)10-14(3)23-19(18)22/h6-10,15H,11H2,1-5H3,(H,24,26)/t15-/m0/s1. The molecule has 2 amide bonds. The molecule has 7 nitrogen and oxygen atoms in total. The summed E-state index contributed by atoms with van der Waals surface area (Å²) in [6.07, 6.45) is -1.09. The number of nitrogens with one attached hydrogen (secondary N) is 1. The van der Waals surface area contributed by atoms with Crippen LogP contribution in [0.3, 0.4) is 0 Å². The first-order valence-corrected chi connectivity index (χ1v) is 9.42. The number of nitrogens with zero attached hydrogens (tertiary/aromatic N) is 2. The van der Waals surface area contributed by atoms with Crippen LogP contribution in [0.2, 0.25) is 5.15 Å². The molecule has 1 atom stereocenters. The van der Waals surface area contributed by atoms with Crippen molar-refractivity contribution in [3.8, 4) is 0 Å². The molecule has 0 bridgehead atoms. The second-order valence-corrected chi connectivity index (χ2v) is 7.26. The lowest BCUT2D eigenvalue weighted by molar-refractivity contribution is -0.140. The predicted octanol–water partition coefficient (Wildman–Crippen LogP) is 3.30. The Morgan fingerprint density at radius 2 is 1.79 bits per heavy atom. The van der Waals surface area contributed by atoms with Crippen LogP contribution >= 0.6 is 11.6 Å². The van der Waals surface area contributed by atoms with E-state index in [-0.39, 0.29) is 23.2 Å². The van der Waals surface area contributed by atoms with Crippen molar-refractivity contribution in [2.24, 2.45) is 0 Å². The summed E-state index contributed by atoms with van der Waals surface area (Å²) in [5.74, 6) is -1.60. The Kier molecular flexibility index (Phi) is 7.34. The van der Waals surface area contributed by atoms with Gasteiger partial charge in [0.1, 0.15) is 5.15 Å². The molecule has 1 N–H and O–H groups in total. The van der Waals surface area contributed by atoms with Gasteiger partial charge in [0, 0.05) is 18.4 Å². The molecule has 0 aliphatic carbocycles. The first kappa shape index (κ1) is 22.4. The highest BCUT2D eigenvalue weighted by molar-refractivity contribution is 6.32. The second kappa shape index (κ2) is 9.52. The van der Waals surface area contributed by atoms with E-state index in [1.165, 1.54) is 18.9 Å². The summed E-state index contributed by atoms with van der Waals surface area (Å²) in [6.45, 7) is 6.68. The molecule has 2 rings (SSSR count). The number of rotatable bonds is 6. The molecule has 0 radical (unpaired) electrons. The van der Waals surface area contributed by atoms with Gasteiger partial charge < -0.3 is 15.0 Å². The molecule has 0 spiro atoms. The zero-order valence-corrected chi connectivity index (χ0v) is 17.8. The van der Waals surface area contributed by atoms with Crippen LogP contribution in [0, 0.1) is 20.8 Å². The molecular formula is C21H24ClN3O4. The monoisotopic (exact) mass is 417 g/mol. The Hall–Kier alpha value is -2.93. The first-order valence-electron chi connectivity index (χ1n) is 9.04. The molecule has 2 aromatic rings. The molecule has 0 saturated carbocycles. The van der Waals surface area contributed by atoms with Gasteiger partial charge in [0.05, 0.1) is 12.1 Å². The lowest BCUT2D eigenvalue weighted by atomic mass is 10.1. The maximum atomic E-state index is 12.5. The number of anilines is 1. The van der Waals surface area contributed by atoms with E-state index in [4.69, 9.17) is 16.3 Å². The number of hydrogen-bond donors (Lipinski definition) is 1. The van der Waals surface area contributed by atoms with Crippen LogP contribution in [0.15, 0.2) is 30.3 Å². The molecule has 1 aromatic heterocycles. The highest BCUT2D eigenvalue weighted by Gasteiger charge is 2.26. The highest BCUT2D eigenvalue weighted by atomic mass is 35.5. The molecule has 0 saturated heterocycles. The number of carbonyl (C=O) groups is 3. The van der Waals surface area contributed by atoms with Crippen molar-refractivity contribution < 1.29 is 19.1 Å². The fraction of sp³-hybridized carbons (Fsp3) is 0.333. The van der Waals surface area contributed by atoms with E-state index >= 15 is 0 Å². The van der Waals surface area contributed by atoms with Crippen LogP contribution in [0.5, 0.6) is 0 Å². The molecule has 0 fully saturated rings. The number of esters is 1. The van der Waals surface area contributed by atoms with Crippen molar-refractivity contribution in [2.75, 3.05) is 18.9 Å². The van der Waals surface area contributed by atoms with Crippen molar-refractivity contribution in [2.45, 2.75) is 33.8 Å². The second-order valence-electron chi connectivity index (χ2n) is 6.90. The molecule has 0 aliphatic heterocycles. The number of aromatic nitrogens is 1. The number of ether oxygens (including phenoxy) is 1. The third-order valence-electron chi connectivity index (χ3n) is 4.23. The van der Waals surface area contributed by atoms with E-state index < -0.39 is 18.0 Å². The molecule has 8 heteroatoms. The maximum Gasteiger partial charge on any atom is 0.342 e. The first-order chi connectivity index (χ1) is 13.6. The minimum Gasteiger partial charge on any atom is -0.449 e. The van der Waals surface area contributed by atoms with E-state index in [1.54, 1.807) is 32.0 Å². The van der Waals surface area contributed by atoms with Gasteiger partial charge in [-0.15, -0.1) is 0 Å². The van der Waals surface area contributed by atoms with Crippen molar-refractivity contribution in [1.82, 2.24) is 9.88 Å². The number of halogens is 1. The van der Waals surface area contributed by atoms with E-state index in [1.807, 2.05) is 19.1 Å². The quantitative estimate of drug-likeness (QED) is 0.575. The molecule has 29 heavy (non-hydrogen) atoms. The van der Waals surface area contributed by atoms with E-state index in [2.05, 4.69) is 10.3 Å². The van der Waals surface area contributed by atoms with Crippen LogP contribution in [-0.2, 0) is 14.3 Å². The van der Waals surface area contributed by atoms with Gasteiger partial charge in [0.2, 0.25) is 5.91 Å². The normalized spacial score (nSPS) is 11.5. The van der Waals surface area contributed by atoms with Gasteiger partial charge in [-0.25, -0.2) is 9.78 Å². The lowest BCUT2D eigenvalue weighted by Crippen LogP contribution is -2.41. The minimum atomic E-state index is -1.09. The zero-order valence-electron chi connectivity index (χ0n) is 17.1. The summed E-state index contributed by atoms with van der Waals surface area (Å²) in [5, 5.41) is 2.74. The van der Waals surface area contributed by atoms with Gasteiger partial charge in [0.15, 0.2) is 6.10 Å². The van der Waals surface area contributed by atoms with Gasteiger partial charge in [-0.2, -0.15) is 0 Å². The smallest absolute Gasteiger partial charge is 0.342 e. The van der Waals surface area contributed by atoms with Crippen LogP contribution in [0.1, 0.15) is 34.1 Å². The summed E-state index contributed by atoms with van der Waals surface area (Å²) in [7, 11) is 1.47. The Morgan fingerprint density at radius 3 is 2.38 bits per heavy atom. The van der Waals surface area contributed by atoms with E-state index in [9.17, 15) is 14.4 Å². The van der Waals surface area contributed by atoms with E-state index in [0.29, 0.717) is 16.9 Å². The fourth-order valence-electron chi connectivity index (χ4n) is 2.75. The number of likely N-dealkylation sites (N-methyl/N-ethyl adjacent to an activating group) is 1.